The standard InChI is InChI=1S/C10H21N3O5S2/c1-3-17-9(14)7(11)5-19-13(16)20-6-8(12)10(15)18-4-2/h7-8,13H,3-6,11-12H2,1-2H3/t7-,8-/m1/s1. The summed E-state index contributed by atoms with van der Waals surface area (Å²) >= 11 is 1.79. The van der Waals surface area contributed by atoms with Crippen molar-refractivity contribution in [2.75, 3.05) is 24.7 Å². The fourth-order valence-electron chi connectivity index (χ4n) is 0.992. The van der Waals surface area contributed by atoms with Crippen LogP contribution < -0.4 is 15.3 Å². The average Bonchev–Trinajstić information content (AvgIpc) is 2.42. The number of carbonyl (C=O) groups is 2. The van der Waals surface area contributed by atoms with Crippen molar-refractivity contribution in [3.8, 4) is 0 Å². The minimum absolute atomic E-state index is 0.124. The highest BCUT2D eigenvalue weighted by Crippen LogP contribution is 2.01. The Morgan fingerprint density at radius 2 is 1.40 bits per heavy atom. The zero-order valence-corrected chi connectivity index (χ0v) is 13.1. The van der Waals surface area contributed by atoms with Crippen molar-refractivity contribution in [3.63, 3.8) is 0 Å². The van der Waals surface area contributed by atoms with Gasteiger partial charge in [0.2, 0.25) is 0 Å². The van der Waals surface area contributed by atoms with Crippen LogP contribution in [0.3, 0.4) is 0 Å². The lowest BCUT2D eigenvalue weighted by atomic mass is 10.4. The Hall–Kier alpha value is -0.520. The summed E-state index contributed by atoms with van der Waals surface area (Å²) in [5, 5.41) is 11.5. The molecule has 5 N–H and O–H groups in total. The van der Waals surface area contributed by atoms with Crippen LogP contribution in [0.1, 0.15) is 13.8 Å². The predicted molar refractivity (Wildman–Crippen MR) is 78.5 cm³/mol. The first-order valence-electron chi connectivity index (χ1n) is 6.06. The van der Waals surface area contributed by atoms with E-state index >= 15 is 0 Å². The number of nitrogens with two attached hydrogens (primary N) is 2. The molecule has 0 unspecified atom stereocenters. The van der Waals surface area contributed by atoms with Gasteiger partial charge >= 0.3 is 11.9 Å². The van der Waals surface area contributed by atoms with E-state index in [2.05, 4.69) is 0 Å². The topological polar surface area (TPSA) is 132 Å². The van der Waals surface area contributed by atoms with Crippen molar-refractivity contribution in [3.05, 3.63) is 5.21 Å². The Kier molecular flexibility index (Phi) is 10.9. The van der Waals surface area contributed by atoms with E-state index in [1.807, 2.05) is 0 Å². The first-order chi connectivity index (χ1) is 9.42. The van der Waals surface area contributed by atoms with Gasteiger partial charge in [0.05, 0.1) is 48.6 Å². The monoisotopic (exact) mass is 327 g/mol. The molecule has 0 fully saturated rings. The van der Waals surface area contributed by atoms with Gasteiger partial charge in [-0.05, 0) is 13.8 Å². The second kappa shape index (κ2) is 11.2. The number of esters is 2. The van der Waals surface area contributed by atoms with Crippen LogP contribution in [0.25, 0.3) is 0 Å². The summed E-state index contributed by atoms with van der Waals surface area (Å²) < 4.78 is 9.17. The maximum Gasteiger partial charge on any atom is 0.323 e. The zero-order chi connectivity index (χ0) is 15.5. The molecule has 0 aromatic rings. The zero-order valence-electron chi connectivity index (χ0n) is 11.5. The summed E-state index contributed by atoms with van der Waals surface area (Å²) in [6, 6.07) is -1.69. The number of hydrogen-bond acceptors (Lipinski definition) is 9. The van der Waals surface area contributed by atoms with Gasteiger partial charge in [-0.2, -0.15) is 0 Å². The molecule has 0 aliphatic heterocycles. The lowest BCUT2D eigenvalue weighted by molar-refractivity contribution is -0.515. The Morgan fingerprint density at radius 1 is 1.05 bits per heavy atom. The molecule has 0 saturated carbocycles. The van der Waals surface area contributed by atoms with Crippen LogP contribution in [0.5, 0.6) is 0 Å². The number of nitrogens with one attached hydrogen (secondary N) is 1. The fraction of sp³-hybridized carbons (Fsp3) is 0.800. The summed E-state index contributed by atoms with van der Waals surface area (Å²) in [5.74, 6) is -0.833. The van der Waals surface area contributed by atoms with Gasteiger partial charge < -0.3 is 26.1 Å². The summed E-state index contributed by atoms with van der Waals surface area (Å²) in [6.07, 6.45) is 0. The van der Waals surface area contributed by atoms with Crippen LogP contribution >= 0.6 is 23.9 Å². The summed E-state index contributed by atoms with van der Waals surface area (Å²) in [7, 11) is 0. The van der Waals surface area contributed by atoms with E-state index in [1.54, 1.807) is 13.8 Å². The van der Waals surface area contributed by atoms with E-state index in [4.69, 9.17) is 20.9 Å². The molecule has 0 aliphatic rings. The molecule has 0 radical (unpaired) electrons. The van der Waals surface area contributed by atoms with E-state index in [-0.39, 0.29) is 28.6 Å². The molecule has 0 saturated heterocycles. The molecule has 8 nitrogen and oxygen atoms in total. The molecule has 0 spiro atoms. The third-order valence-electron chi connectivity index (χ3n) is 1.94. The van der Waals surface area contributed by atoms with E-state index in [0.29, 0.717) is 0 Å². The van der Waals surface area contributed by atoms with E-state index in [1.165, 1.54) is 0 Å². The lowest BCUT2D eigenvalue weighted by Gasteiger charge is -2.19. The van der Waals surface area contributed by atoms with Crippen LogP contribution in [0.15, 0.2) is 0 Å². The predicted octanol–water partition coefficient (Wildman–Crippen LogP) is -1.55. The smallest absolute Gasteiger partial charge is 0.323 e. The van der Waals surface area contributed by atoms with Gasteiger partial charge in [-0.25, -0.2) is 3.87 Å². The minimum Gasteiger partial charge on any atom is -0.609 e. The Balaban J connectivity index is 3.86. The molecular formula is C10H21N3O5S2. The van der Waals surface area contributed by atoms with Crippen molar-refractivity contribution in [2.24, 2.45) is 11.5 Å². The Labute approximate surface area is 126 Å². The molecule has 2 atom stereocenters. The third-order valence-corrected chi connectivity index (χ3v) is 4.17. The second-order valence-corrected chi connectivity index (χ2v) is 5.83. The Morgan fingerprint density at radius 3 is 1.70 bits per heavy atom. The van der Waals surface area contributed by atoms with Crippen LogP contribution in [-0.4, -0.2) is 48.7 Å². The average molecular weight is 327 g/mol. The van der Waals surface area contributed by atoms with Crippen LogP contribution in [0.4, 0.5) is 0 Å². The van der Waals surface area contributed by atoms with Crippen molar-refractivity contribution < 1.29 is 22.9 Å². The molecule has 118 valence electrons. The highest BCUT2D eigenvalue weighted by atomic mass is 32.2. The molecule has 0 rings (SSSR count). The van der Waals surface area contributed by atoms with Gasteiger partial charge in [0.1, 0.15) is 12.1 Å². The molecule has 0 heterocycles. The SMILES string of the molecule is CCOC(=O)[C@H](N)CS[NH+]([O-])SC[C@@H](N)C(=O)OCC. The van der Waals surface area contributed by atoms with Crippen LogP contribution in [-0.2, 0) is 19.1 Å². The summed E-state index contributed by atoms with van der Waals surface area (Å²) in [5.41, 5.74) is 11.1. The van der Waals surface area contributed by atoms with Gasteiger partial charge in [0.15, 0.2) is 0 Å². The van der Waals surface area contributed by atoms with Crippen molar-refractivity contribution in [1.29, 1.82) is 0 Å². The molecule has 0 amide bonds. The number of ether oxygens (including phenoxy) is 2. The summed E-state index contributed by atoms with van der Waals surface area (Å²) in [6.45, 7) is 3.84. The van der Waals surface area contributed by atoms with Crippen molar-refractivity contribution in [2.45, 2.75) is 25.9 Å². The molecule has 0 aromatic heterocycles. The highest BCUT2D eigenvalue weighted by Gasteiger charge is 2.20. The lowest BCUT2D eigenvalue weighted by Crippen LogP contribution is -2.93. The molecule has 20 heavy (non-hydrogen) atoms. The first-order valence-corrected chi connectivity index (χ1v) is 8.03. The molecule has 0 aromatic carbocycles. The largest absolute Gasteiger partial charge is 0.609 e. The number of quaternary nitrogens is 1. The molecule has 0 aliphatic carbocycles. The number of hydrogen-bond donors (Lipinski definition) is 3. The van der Waals surface area contributed by atoms with E-state index in [9.17, 15) is 14.8 Å². The van der Waals surface area contributed by atoms with E-state index < -0.39 is 24.0 Å². The van der Waals surface area contributed by atoms with Crippen LogP contribution in [0, 0.1) is 5.21 Å². The van der Waals surface area contributed by atoms with Gasteiger partial charge in [-0.3, -0.25) is 9.59 Å². The van der Waals surface area contributed by atoms with Gasteiger partial charge in [0.25, 0.3) is 0 Å². The minimum atomic E-state index is -0.844. The molecule has 0 bridgehead atoms. The summed E-state index contributed by atoms with van der Waals surface area (Å²) in [4.78, 5) is 22.4. The second-order valence-electron chi connectivity index (χ2n) is 3.59. The van der Waals surface area contributed by atoms with Crippen molar-refractivity contribution >= 4 is 35.8 Å². The quantitative estimate of drug-likeness (QED) is 0.248. The van der Waals surface area contributed by atoms with E-state index in [0.717, 1.165) is 23.9 Å². The normalized spacial score (nSPS) is 13.9. The third kappa shape index (κ3) is 8.61. The van der Waals surface area contributed by atoms with Gasteiger partial charge in [-0.1, -0.05) is 0 Å². The fourth-order valence-corrected chi connectivity index (χ4v) is 2.64. The van der Waals surface area contributed by atoms with Gasteiger partial charge in [0, 0.05) is 0 Å². The number of carbonyl (C=O) groups excluding carboxylic acids is 2. The Bertz CT molecular complexity index is 281. The molecule has 10 heteroatoms. The highest BCUT2D eigenvalue weighted by molar-refractivity contribution is 8.05. The molecular weight excluding hydrogens is 306 g/mol. The first kappa shape index (κ1) is 19.5. The maximum absolute atomic E-state index is 11.5. The van der Waals surface area contributed by atoms with Crippen molar-refractivity contribution in [1.82, 2.24) is 0 Å². The van der Waals surface area contributed by atoms with Crippen LogP contribution in [0.2, 0.25) is 0 Å². The maximum atomic E-state index is 11.5. The number of rotatable bonds is 10. The van der Waals surface area contributed by atoms with Gasteiger partial charge in [-0.15, -0.1) is 0 Å².